The molecule has 0 spiro atoms. The van der Waals surface area contributed by atoms with Crippen molar-refractivity contribution in [3.8, 4) is 0 Å². The maximum absolute atomic E-state index is 9.25. The Morgan fingerprint density at radius 1 is 1.33 bits per heavy atom. The summed E-state index contributed by atoms with van der Waals surface area (Å²) in [6.45, 7) is 8.57. The quantitative estimate of drug-likeness (QED) is 0.860. The summed E-state index contributed by atoms with van der Waals surface area (Å²) in [5.74, 6) is 0.373. The number of aliphatic hydroxyl groups is 1. The van der Waals surface area contributed by atoms with E-state index in [9.17, 15) is 5.11 Å². The van der Waals surface area contributed by atoms with E-state index in [4.69, 9.17) is 0 Å². The van der Waals surface area contributed by atoms with Crippen molar-refractivity contribution in [2.24, 2.45) is 0 Å². The zero-order chi connectivity index (χ0) is 11.6. The molecule has 0 saturated heterocycles. The first-order valence-corrected chi connectivity index (χ1v) is 6.12. The van der Waals surface area contributed by atoms with Crippen molar-refractivity contribution >= 4 is 16.5 Å². The minimum Gasteiger partial charge on any atom is -0.391 e. The van der Waals surface area contributed by atoms with E-state index in [1.807, 2.05) is 7.05 Å². The molecule has 0 aliphatic carbocycles. The first kappa shape index (κ1) is 12.5. The number of aliphatic hydroxyl groups excluding tert-OH is 1. The van der Waals surface area contributed by atoms with Crippen LogP contribution >= 0.6 is 11.3 Å². The third-order valence-corrected chi connectivity index (χ3v) is 3.63. The summed E-state index contributed by atoms with van der Waals surface area (Å²) in [5, 5.41) is 10.3. The predicted molar refractivity (Wildman–Crippen MR) is 65.7 cm³/mol. The summed E-state index contributed by atoms with van der Waals surface area (Å²) in [6.07, 6.45) is 0. The lowest BCUT2D eigenvalue weighted by atomic mass is 10.1. The molecule has 0 radical (unpaired) electrons. The van der Waals surface area contributed by atoms with E-state index in [-0.39, 0.29) is 6.61 Å². The van der Waals surface area contributed by atoms with E-state index in [1.54, 1.807) is 11.3 Å². The Balaban J connectivity index is 3.02. The average Bonchev–Trinajstić information content (AvgIpc) is 2.59. The molecule has 0 atom stereocenters. The van der Waals surface area contributed by atoms with E-state index in [2.05, 4.69) is 37.6 Å². The smallest absolute Gasteiger partial charge is 0.185 e. The van der Waals surface area contributed by atoms with Gasteiger partial charge in [-0.3, -0.25) is 0 Å². The molecule has 86 valence electrons. The SMILES string of the molecule is CC(C)c1nc(N(C)C(C)C)sc1CO. The minimum atomic E-state index is 0.0944. The third-order valence-electron chi connectivity index (χ3n) is 2.48. The Hall–Kier alpha value is -0.610. The van der Waals surface area contributed by atoms with Gasteiger partial charge in [0.25, 0.3) is 0 Å². The van der Waals surface area contributed by atoms with Gasteiger partial charge < -0.3 is 10.0 Å². The predicted octanol–water partition coefficient (Wildman–Crippen LogP) is 2.60. The normalized spacial score (nSPS) is 11.5. The standard InChI is InChI=1S/C11H20N2OS/c1-7(2)10-9(6-14)15-11(12-10)13(5)8(3)4/h7-8,14H,6H2,1-5H3. The van der Waals surface area contributed by atoms with Crippen LogP contribution in [0.15, 0.2) is 0 Å². The summed E-state index contributed by atoms with van der Waals surface area (Å²) in [6, 6.07) is 0.433. The fourth-order valence-corrected chi connectivity index (χ4v) is 2.46. The lowest BCUT2D eigenvalue weighted by Crippen LogP contribution is -2.25. The molecule has 0 unspecified atom stereocenters. The van der Waals surface area contributed by atoms with Gasteiger partial charge in [0.1, 0.15) is 0 Å². The van der Waals surface area contributed by atoms with Gasteiger partial charge in [-0.1, -0.05) is 25.2 Å². The van der Waals surface area contributed by atoms with Crippen LogP contribution in [0.1, 0.15) is 44.2 Å². The summed E-state index contributed by atoms with van der Waals surface area (Å²) < 4.78 is 0. The largest absolute Gasteiger partial charge is 0.391 e. The fourth-order valence-electron chi connectivity index (χ4n) is 1.29. The van der Waals surface area contributed by atoms with Gasteiger partial charge in [0.05, 0.1) is 17.2 Å². The van der Waals surface area contributed by atoms with Crippen LogP contribution in [-0.2, 0) is 6.61 Å². The number of nitrogens with zero attached hydrogens (tertiary/aromatic N) is 2. The third kappa shape index (κ3) is 2.69. The van der Waals surface area contributed by atoms with Crippen LogP contribution in [0.4, 0.5) is 5.13 Å². The molecular formula is C11H20N2OS. The van der Waals surface area contributed by atoms with Gasteiger partial charge in [0.2, 0.25) is 0 Å². The molecule has 0 aromatic carbocycles. The lowest BCUT2D eigenvalue weighted by Gasteiger charge is -2.19. The van der Waals surface area contributed by atoms with Gasteiger partial charge in [-0.25, -0.2) is 4.98 Å². The Kier molecular flexibility index (Phi) is 4.11. The molecular weight excluding hydrogens is 208 g/mol. The van der Waals surface area contributed by atoms with Gasteiger partial charge >= 0.3 is 0 Å². The maximum atomic E-state index is 9.25. The van der Waals surface area contributed by atoms with E-state index < -0.39 is 0 Å². The van der Waals surface area contributed by atoms with Crippen LogP contribution in [0.25, 0.3) is 0 Å². The lowest BCUT2D eigenvalue weighted by molar-refractivity contribution is 0.283. The zero-order valence-corrected chi connectivity index (χ0v) is 10.9. The van der Waals surface area contributed by atoms with Crippen molar-refractivity contribution < 1.29 is 5.11 Å². The van der Waals surface area contributed by atoms with E-state index in [0.29, 0.717) is 12.0 Å². The molecule has 0 saturated carbocycles. The van der Waals surface area contributed by atoms with Crippen LogP contribution in [-0.4, -0.2) is 23.2 Å². The Morgan fingerprint density at radius 3 is 2.27 bits per heavy atom. The first-order chi connectivity index (χ1) is 6.97. The topological polar surface area (TPSA) is 36.4 Å². The van der Waals surface area contributed by atoms with Gasteiger partial charge in [-0.05, 0) is 19.8 Å². The van der Waals surface area contributed by atoms with Crippen LogP contribution in [0.2, 0.25) is 0 Å². The van der Waals surface area contributed by atoms with Gasteiger partial charge in [0, 0.05) is 13.1 Å². The molecule has 0 fully saturated rings. The Labute approximate surface area is 95.8 Å². The van der Waals surface area contributed by atoms with E-state index in [0.717, 1.165) is 15.7 Å². The maximum Gasteiger partial charge on any atom is 0.185 e. The number of hydrogen-bond donors (Lipinski definition) is 1. The van der Waals surface area contributed by atoms with Crippen LogP contribution in [0.3, 0.4) is 0 Å². The molecule has 0 aliphatic heterocycles. The van der Waals surface area contributed by atoms with Crippen molar-refractivity contribution in [2.45, 2.75) is 46.3 Å². The molecule has 4 heteroatoms. The minimum absolute atomic E-state index is 0.0944. The zero-order valence-electron chi connectivity index (χ0n) is 10.1. The van der Waals surface area contributed by atoms with Crippen molar-refractivity contribution in [1.29, 1.82) is 0 Å². The Morgan fingerprint density at radius 2 is 1.93 bits per heavy atom. The summed E-state index contributed by atoms with van der Waals surface area (Å²) in [7, 11) is 2.04. The van der Waals surface area contributed by atoms with Crippen LogP contribution in [0.5, 0.6) is 0 Å². The second-order valence-electron chi connectivity index (χ2n) is 4.32. The summed E-state index contributed by atoms with van der Waals surface area (Å²) in [4.78, 5) is 7.71. The van der Waals surface area contributed by atoms with Crippen molar-refractivity contribution in [3.05, 3.63) is 10.6 Å². The molecule has 1 aromatic heterocycles. The fraction of sp³-hybridized carbons (Fsp3) is 0.727. The second-order valence-corrected chi connectivity index (χ2v) is 5.38. The van der Waals surface area contributed by atoms with E-state index in [1.165, 1.54) is 0 Å². The van der Waals surface area contributed by atoms with Crippen molar-refractivity contribution in [3.63, 3.8) is 0 Å². The summed E-state index contributed by atoms with van der Waals surface area (Å²) >= 11 is 1.59. The Bertz CT molecular complexity index is 320. The monoisotopic (exact) mass is 228 g/mol. The second kappa shape index (κ2) is 4.94. The van der Waals surface area contributed by atoms with Crippen LogP contribution in [0, 0.1) is 0 Å². The van der Waals surface area contributed by atoms with Gasteiger partial charge in [0.15, 0.2) is 5.13 Å². The number of anilines is 1. The average molecular weight is 228 g/mol. The highest BCUT2D eigenvalue weighted by Crippen LogP contribution is 2.30. The molecule has 0 bridgehead atoms. The van der Waals surface area contributed by atoms with E-state index >= 15 is 0 Å². The molecule has 1 heterocycles. The van der Waals surface area contributed by atoms with Crippen LogP contribution < -0.4 is 4.90 Å². The number of thiazole rings is 1. The number of hydrogen-bond acceptors (Lipinski definition) is 4. The van der Waals surface area contributed by atoms with Crippen molar-refractivity contribution in [1.82, 2.24) is 4.98 Å². The van der Waals surface area contributed by atoms with Crippen molar-refractivity contribution in [2.75, 3.05) is 11.9 Å². The summed E-state index contributed by atoms with van der Waals surface area (Å²) in [5.41, 5.74) is 1.03. The number of rotatable bonds is 4. The van der Waals surface area contributed by atoms with Gasteiger partial charge in [-0.15, -0.1) is 0 Å². The van der Waals surface area contributed by atoms with Gasteiger partial charge in [-0.2, -0.15) is 0 Å². The first-order valence-electron chi connectivity index (χ1n) is 5.30. The molecule has 1 rings (SSSR count). The molecule has 15 heavy (non-hydrogen) atoms. The molecule has 3 nitrogen and oxygen atoms in total. The molecule has 0 amide bonds. The molecule has 0 aliphatic rings. The highest BCUT2D eigenvalue weighted by atomic mass is 32.1. The molecule has 1 aromatic rings. The molecule has 1 N–H and O–H groups in total. The highest BCUT2D eigenvalue weighted by molar-refractivity contribution is 7.15. The highest BCUT2D eigenvalue weighted by Gasteiger charge is 2.16. The number of aromatic nitrogens is 1.